The Balaban J connectivity index is 0.000000228. The summed E-state index contributed by atoms with van der Waals surface area (Å²) in [4.78, 5) is 90.9. The predicted molar refractivity (Wildman–Crippen MR) is 362 cm³/mol. The highest BCUT2D eigenvalue weighted by molar-refractivity contribution is 5.92. The molecule has 0 radical (unpaired) electrons. The number of fused-ring (bicyclic) bond motifs is 1. The van der Waals surface area contributed by atoms with Crippen LogP contribution in [0, 0.1) is 0 Å². The molecule has 0 aromatic heterocycles. The summed E-state index contributed by atoms with van der Waals surface area (Å²) in [5.41, 5.74) is 9.83. The van der Waals surface area contributed by atoms with Gasteiger partial charge in [0.05, 0.1) is 0 Å². The summed E-state index contributed by atoms with van der Waals surface area (Å²) in [7, 11) is 0. The van der Waals surface area contributed by atoms with Crippen molar-refractivity contribution in [2.75, 3.05) is 0 Å². The number of carbonyl (C=O) groups excluding carboxylic acids is 8. The summed E-state index contributed by atoms with van der Waals surface area (Å²) in [6, 6.07) is 54.3. The lowest BCUT2D eigenvalue weighted by Crippen LogP contribution is -2.08. The molecule has 8 aromatic rings. The lowest BCUT2D eigenvalue weighted by Gasteiger charge is -2.07. The van der Waals surface area contributed by atoms with Gasteiger partial charge in [-0.15, -0.1) is 0 Å². The first-order valence-corrected chi connectivity index (χ1v) is 28.7. The molecule has 0 N–H and O–H groups in total. The first-order valence-electron chi connectivity index (χ1n) is 28.7. The van der Waals surface area contributed by atoms with Gasteiger partial charge in [-0.25, -0.2) is 38.4 Å². The fraction of sp³-hybridized carbons (Fsp3) is 0.103. The van der Waals surface area contributed by atoms with Crippen LogP contribution in [0.2, 0.25) is 0 Å². The third-order valence-electron chi connectivity index (χ3n) is 12.6. The molecule has 8 rings (SSSR count). The van der Waals surface area contributed by atoms with Gasteiger partial charge in [-0.1, -0.05) is 162 Å². The van der Waals surface area contributed by atoms with Crippen molar-refractivity contribution in [2.45, 2.75) is 54.8 Å². The van der Waals surface area contributed by atoms with E-state index in [1.807, 2.05) is 97.1 Å². The van der Waals surface area contributed by atoms with Crippen molar-refractivity contribution in [3.8, 4) is 67.9 Å². The molecule has 16 nitrogen and oxygen atoms in total. The molecule has 0 atom stereocenters. The Bertz CT molecular complexity index is 3900. The van der Waals surface area contributed by atoms with Crippen LogP contribution in [0.1, 0.15) is 52.7 Å². The van der Waals surface area contributed by atoms with Crippen LogP contribution in [-0.4, -0.2) is 47.8 Å². The standard InChI is InChI=1S/2C21H20O4.C20H18O4.C16H12O4/c2*1-14(2)20(22)24-13-16-5-7-17(8-6-16)18-9-11-19(12-10-18)25-21(23)15(3)4;1-13(2)19(21)23-17-9-5-15(6-10-17)16-7-11-18(12-8-16)24-20(22)14(3)4;1-3-15(17)19-13-7-5-12-10-14(20-16(18)4-2)8-6-11(12)9-13/h2*5-12H,1,3,13H2,2,4H3;5-12H,1,3H2,2,4H3;3-10H,1-2H2. The largest absolute Gasteiger partial charge is 0.457 e. The maximum atomic E-state index is 11.5. The highest BCUT2D eigenvalue weighted by Crippen LogP contribution is 2.29. The predicted octanol–water partition coefficient (Wildman–Crippen LogP) is 16.2. The molecule has 0 heterocycles. The van der Waals surface area contributed by atoms with Crippen molar-refractivity contribution in [3.63, 3.8) is 0 Å². The van der Waals surface area contributed by atoms with Gasteiger partial charge in [-0.05, 0) is 170 Å². The Kier molecular flexibility index (Phi) is 27.6. The van der Waals surface area contributed by atoms with Crippen LogP contribution in [0.5, 0.6) is 34.5 Å². The van der Waals surface area contributed by atoms with Crippen LogP contribution in [0.4, 0.5) is 0 Å². The lowest BCUT2D eigenvalue weighted by atomic mass is 10.0. The number of benzene rings is 8. The first-order chi connectivity index (χ1) is 44.7. The molecule has 94 heavy (non-hydrogen) atoms. The second-order valence-corrected chi connectivity index (χ2v) is 20.8. The van der Waals surface area contributed by atoms with Crippen LogP contribution in [0.3, 0.4) is 0 Å². The van der Waals surface area contributed by atoms with Crippen LogP contribution in [-0.2, 0) is 61.0 Å². The minimum Gasteiger partial charge on any atom is -0.457 e. The highest BCUT2D eigenvalue weighted by atomic mass is 16.6. The Labute approximate surface area is 546 Å². The summed E-state index contributed by atoms with van der Waals surface area (Å²) < 4.78 is 40.9. The zero-order valence-electron chi connectivity index (χ0n) is 53.1. The molecule has 0 amide bonds. The van der Waals surface area contributed by atoms with E-state index in [9.17, 15) is 38.4 Å². The molecular weight excluding hydrogens is 1190 g/mol. The van der Waals surface area contributed by atoms with Gasteiger partial charge >= 0.3 is 47.8 Å². The molecular formula is C78H70O16. The molecule has 0 saturated heterocycles. The molecule has 0 aliphatic heterocycles. The molecule has 0 aliphatic rings. The van der Waals surface area contributed by atoms with Crippen LogP contribution in [0.15, 0.2) is 280 Å². The molecule has 8 aromatic carbocycles. The van der Waals surface area contributed by atoms with Gasteiger partial charge in [0.25, 0.3) is 0 Å². The molecule has 0 bridgehead atoms. The summed E-state index contributed by atoms with van der Waals surface area (Å²) in [5.74, 6) is -0.899. The molecule has 0 fully saturated rings. The average molecular weight is 1260 g/mol. The first kappa shape index (κ1) is 72.4. The normalized spacial score (nSPS) is 9.94. The van der Waals surface area contributed by atoms with E-state index in [-0.39, 0.29) is 13.2 Å². The summed E-state index contributed by atoms with van der Waals surface area (Å²) in [5, 5.41) is 1.72. The minimum atomic E-state index is -0.513. The quantitative estimate of drug-likeness (QED) is 0.0372. The Morgan fingerprint density at radius 2 is 0.479 bits per heavy atom. The highest BCUT2D eigenvalue weighted by Gasteiger charge is 2.12. The third-order valence-corrected chi connectivity index (χ3v) is 12.6. The van der Waals surface area contributed by atoms with Crippen molar-refractivity contribution >= 4 is 58.5 Å². The third kappa shape index (κ3) is 23.9. The number of carbonyl (C=O) groups is 8. The molecule has 0 aliphatic carbocycles. The number of hydrogen-bond acceptors (Lipinski definition) is 16. The molecule has 0 unspecified atom stereocenters. The van der Waals surface area contributed by atoms with Gasteiger partial charge in [0, 0.05) is 45.6 Å². The van der Waals surface area contributed by atoms with Gasteiger partial charge in [0.15, 0.2) is 0 Å². The van der Waals surface area contributed by atoms with Gasteiger partial charge < -0.3 is 37.9 Å². The zero-order valence-corrected chi connectivity index (χ0v) is 53.1. The molecule has 16 heteroatoms. The maximum absolute atomic E-state index is 11.5. The minimum absolute atomic E-state index is 0.210. The fourth-order valence-corrected chi connectivity index (χ4v) is 7.41. The van der Waals surface area contributed by atoms with Crippen molar-refractivity contribution in [2.24, 2.45) is 0 Å². The smallest absolute Gasteiger partial charge is 0.338 e. The van der Waals surface area contributed by atoms with E-state index in [1.165, 1.54) is 0 Å². The Hall–Kier alpha value is -12.3. The van der Waals surface area contributed by atoms with Crippen molar-refractivity contribution in [1.29, 1.82) is 0 Å². The average Bonchev–Trinajstić information content (AvgIpc) is 0.908. The number of ether oxygens (including phenoxy) is 8. The number of esters is 8. The summed E-state index contributed by atoms with van der Waals surface area (Å²) >= 11 is 0. The van der Waals surface area contributed by atoms with Crippen molar-refractivity contribution < 1.29 is 76.3 Å². The summed E-state index contributed by atoms with van der Waals surface area (Å²) in [6.07, 6.45) is 2.20. The summed E-state index contributed by atoms with van der Waals surface area (Å²) in [6.45, 7) is 38.0. The van der Waals surface area contributed by atoms with E-state index in [0.717, 1.165) is 67.4 Å². The number of hydrogen-bond donors (Lipinski definition) is 0. The van der Waals surface area contributed by atoms with E-state index in [1.54, 1.807) is 126 Å². The monoisotopic (exact) mass is 1260 g/mol. The van der Waals surface area contributed by atoms with E-state index >= 15 is 0 Å². The Morgan fingerprint density at radius 3 is 0.681 bits per heavy atom. The SMILES string of the molecule is C=C(C)C(=O)OCc1ccc(-c2ccc(OC(=O)C(=C)C)cc2)cc1.C=C(C)C(=O)OCc1ccc(-c2ccc(OC(=O)C(=C)C)cc2)cc1.C=C(C)C(=O)Oc1ccc(-c2ccc(OC(=O)C(=C)C)cc2)cc1.C=CC(=O)Oc1ccc2cc(OC(=O)C=C)ccc2c1. The topological polar surface area (TPSA) is 210 Å². The van der Waals surface area contributed by atoms with E-state index < -0.39 is 47.8 Å². The van der Waals surface area contributed by atoms with E-state index in [0.29, 0.717) is 67.9 Å². The molecule has 0 spiro atoms. The fourth-order valence-electron chi connectivity index (χ4n) is 7.41. The van der Waals surface area contributed by atoms with E-state index in [2.05, 4.69) is 52.6 Å². The van der Waals surface area contributed by atoms with Gasteiger partial charge in [-0.3, -0.25) is 0 Å². The van der Waals surface area contributed by atoms with Crippen LogP contribution in [0.25, 0.3) is 44.2 Å². The Morgan fingerprint density at radius 1 is 0.277 bits per heavy atom. The number of rotatable bonds is 21. The second-order valence-electron chi connectivity index (χ2n) is 20.8. The van der Waals surface area contributed by atoms with Gasteiger partial charge in [0.2, 0.25) is 0 Å². The lowest BCUT2D eigenvalue weighted by molar-refractivity contribution is -0.141. The van der Waals surface area contributed by atoms with Crippen LogP contribution >= 0.6 is 0 Å². The van der Waals surface area contributed by atoms with Crippen molar-refractivity contribution in [3.05, 3.63) is 291 Å². The van der Waals surface area contributed by atoms with Gasteiger partial charge in [-0.2, -0.15) is 0 Å². The molecule has 0 saturated carbocycles. The van der Waals surface area contributed by atoms with E-state index in [4.69, 9.17) is 37.9 Å². The zero-order chi connectivity index (χ0) is 69.0. The van der Waals surface area contributed by atoms with Crippen LogP contribution < -0.4 is 28.4 Å². The van der Waals surface area contributed by atoms with Gasteiger partial charge in [0.1, 0.15) is 47.7 Å². The molecule has 478 valence electrons. The maximum Gasteiger partial charge on any atom is 0.338 e. The second kappa shape index (κ2) is 35.8. The van der Waals surface area contributed by atoms with Crippen molar-refractivity contribution in [1.82, 2.24) is 0 Å².